The number of aromatic nitrogens is 3. The molecule has 0 radical (unpaired) electrons. The van der Waals surface area contributed by atoms with E-state index in [9.17, 15) is 8.78 Å². The van der Waals surface area contributed by atoms with Gasteiger partial charge in [-0.15, -0.1) is 10.2 Å². The fourth-order valence-corrected chi connectivity index (χ4v) is 3.30. The lowest BCUT2D eigenvalue weighted by Crippen LogP contribution is -2.49. The van der Waals surface area contributed by atoms with E-state index < -0.39 is 17.5 Å². The molecular formula is C20H15F2N5. The van der Waals surface area contributed by atoms with Gasteiger partial charge < -0.3 is 5.32 Å². The van der Waals surface area contributed by atoms with Gasteiger partial charge in [-0.1, -0.05) is 6.07 Å². The summed E-state index contributed by atoms with van der Waals surface area (Å²) >= 11 is 0. The van der Waals surface area contributed by atoms with E-state index in [1.54, 1.807) is 24.4 Å². The van der Waals surface area contributed by atoms with Gasteiger partial charge in [0.1, 0.15) is 17.8 Å². The van der Waals surface area contributed by atoms with Gasteiger partial charge >= 0.3 is 0 Å². The topological polar surface area (TPSA) is 74.5 Å². The number of hydrogen-bond donors (Lipinski definition) is 1. The quantitative estimate of drug-likeness (QED) is 0.759. The van der Waals surface area contributed by atoms with E-state index in [0.717, 1.165) is 5.69 Å². The summed E-state index contributed by atoms with van der Waals surface area (Å²) in [5.74, 6) is -0.0265. The average molecular weight is 363 g/mol. The molecule has 0 atom stereocenters. The third-order valence-corrected chi connectivity index (χ3v) is 4.70. The summed E-state index contributed by atoms with van der Waals surface area (Å²) in [6.07, 6.45) is 1.37. The minimum Gasteiger partial charge on any atom is -0.357 e. The lowest BCUT2D eigenvalue weighted by atomic mass is 9.72. The van der Waals surface area contributed by atoms with E-state index in [4.69, 9.17) is 5.26 Å². The highest BCUT2D eigenvalue weighted by Gasteiger charge is 2.47. The molecule has 0 spiro atoms. The summed E-state index contributed by atoms with van der Waals surface area (Å²) in [6, 6.07) is 14.8. The molecule has 2 heterocycles. The highest BCUT2D eigenvalue weighted by atomic mass is 19.1. The van der Waals surface area contributed by atoms with Crippen molar-refractivity contribution in [2.75, 3.05) is 5.32 Å². The number of halogens is 2. The molecule has 1 saturated carbocycles. The van der Waals surface area contributed by atoms with Crippen LogP contribution in [-0.2, 0) is 5.54 Å². The second-order valence-corrected chi connectivity index (χ2v) is 6.54. The number of nitriles is 1. The zero-order valence-electron chi connectivity index (χ0n) is 14.2. The van der Waals surface area contributed by atoms with Gasteiger partial charge in [-0.3, -0.25) is 4.98 Å². The molecule has 1 aliphatic carbocycles. The summed E-state index contributed by atoms with van der Waals surface area (Å²) in [5, 5.41) is 20.4. The van der Waals surface area contributed by atoms with Gasteiger partial charge in [0.05, 0.1) is 28.6 Å². The summed E-state index contributed by atoms with van der Waals surface area (Å²) < 4.78 is 27.7. The minimum atomic E-state index is -0.894. The van der Waals surface area contributed by atoms with Crippen molar-refractivity contribution in [2.45, 2.75) is 24.6 Å². The first-order valence-electron chi connectivity index (χ1n) is 8.47. The van der Waals surface area contributed by atoms with Gasteiger partial charge in [-0.2, -0.15) is 5.26 Å². The molecule has 0 saturated heterocycles. The fourth-order valence-electron chi connectivity index (χ4n) is 3.30. The first-order valence-corrected chi connectivity index (χ1v) is 8.47. The lowest BCUT2D eigenvalue weighted by Gasteiger charge is -2.44. The average Bonchev–Trinajstić information content (AvgIpc) is 2.68. The Hall–Kier alpha value is -3.40. The van der Waals surface area contributed by atoms with E-state index in [1.807, 2.05) is 18.2 Å². The van der Waals surface area contributed by atoms with Crippen molar-refractivity contribution in [3.63, 3.8) is 0 Å². The maximum atomic E-state index is 14.0. The molecule has 2 aromatic heterocycles. The molecular weight excluding hydrogens is 348 g/mol. The molecule has 4 rings (SSSR count). The Labute approximate surface area is 154 Å². The number of benzene rings is 1. The molecule has 0 bridgehead atoms. The Morgan fingerprint density at radius 3 is 2.59 bits per heavy atom. The SMILES string of the molecule is N#Cc1ccc(F)c(-c2ccc(NC3(c4ccccn4)CC(F)C3)nn2)c1. The number of rotatable bonds is 4. The van der Waals surface area contributed by atoms with Crippen molar-refractivity contribution >= 4 is 5.82 Å². The summed E-state index contributed by atoms with van der Waals surface area (Å²) in [6.45, 7) is 0. The third-order valence-electron chi connectivity index (χ3n) is 4.70. The van der Waals surface area contributed by atoms with Crippen LogP contribution in [0.2, 0.25) is 0 Å². The number of pyridine rings is 1. The number of anilines is 1. The van der Waals surface area contributed by atoms with Gasteiger partial charge in [-0.25, -0.2) is 8.78 Å². The van der Waals surface area contributed by atoms with Crippen LogP contribution in [0.4, 0.5) is 14.6 Å². The van der Waals surface area contributed by atoms with E-state index in [2.05, 4.69) is 20.5 Å². The number of nitrogens with zero attached hydrogens (tertiary/aromatic N) is 4. The molecule has 1 fully saturated rings. The standard InChI is InChI=1S/C20H15F2N5/c21-14-10-20(11-14,18-3-1-2-8-24-18)25-19-7-6-17(26-27-19)15-9-13(12-23)4-5-16(15)22/h1-9,14H,10-11H2,(H,25,27). The van der Waals surface area contributed by atoms with Crippen molar-refractivity contribution in [1.29, 1.82) is 5.26 Å². The highest BCUT2D eigenvalue weighted by Crippen LogP contribution is 2.44. The van der Waals surface area contributed by atoms with E-state index in [0.29, 0.717) is 29.9 Å². The zero-order chi connectivity index (χ0) is 18.9. The minimum absolute atomic E-state index is 0.208. The first-order chi connectivity index (χ1) is 13.1. The molecule has 3 aromatic rings. The Bertz CT molecular complexity index is 993. The molecule has 5 nitrogen and oxygen atoms in total. The normalized spacial score (nSPS) is 21.1. The number of nitrogens with one attached hydrogen (secondary N) is 1. The van der Waals surface area contributed by atoms with Crippen LogP contribution in [-0.4, -0.2) is 21.4 Å². The van der Waals surface area contributed by atoms with E-state index >= 15 is 0 Å². The van der Waals surface area contributed by atoms with Gasteiger partial charge in [0.15, 0.2) is 0 Å². The maximum Gasteiger partial charge on any atom is 0.149 e. The van der Waals surface area contributed by atoms with Crippen LogP contribution < -0.4 is 5.32 Å². The fraction of sp³-hybridized carbons (Fsp3) is 0.200. The Balaban J connectivity index is 1.60. The highest BCUT2D eigenvalue weighted by molar-refractivity contribution is 5.62. The number of alkyl halides is 1. The van der Waals surface area contributed by atoms with Gasteiger partial charge in [-0.05, 0) is 42.5 Å². The maximum absolute atomic E-state index is 14.0. The molecule has 7 heteroatoms. The Kier molecular flexibility index (Phi) is 4.24. The van der Waals surface area contributed by atoms with Gasteiger partial charge in [0, 0.05) is 24.6 Å². The molecule has 1 aromatic carbocycles. The summed E-state index contributed by atoms with van der Waals surface area (Å²) in [4.78, 5) is 4.34. The monoisotopic (exact) mass is 363 g/mol. The van der Waals surface area contributed by atoms with Crippen molar-refractivity contribution in [3.05, 3.63) is 71.8 Å². The summed E-state index contributed by atoms with van der Waals surface area (Å²) in [7, 11) is 0. The van der Waals surface area contributed by atoms with Crippen molar-refractivity contribution in [1.82, 2.24) is 15.2 Å². The molecule has 1 aliphatic rings. The Morgan fingerprint density at radius 1 is 1.11 bits per heavy atom. The second kappa shape index (κ2) is 6.72. The summed E-state index contributed by atoms with van der Waals surface area (Å²) in [5.41, 5.74) is 0.993. The van der Waals surface area contributed by atoms with Crippen molar-refractivity contribution < 1.29 is 8.78 Å². The molecule has 27 heavy (non-hydrogen) atoms. The predicted octanol–water partition coefficient (Wildman–Crippen LogP) is 3.99. The molecule has 1 N–H and O–H groups in total. The van der Waals surface area contributed by atoms with E-state index in [1.165, 1.54) is 18.2 Å². The van der Waals surface area contributed by atoms with E-state index in [-0.39, 0.29) is 5.56 Å². The van der Waals surface area contributed by atoms with Crippen molar-refractivity contribution in [2.24, 2.45) is 0 Å². The van der Waals surface area contributed by atoms with Crippen LogP contribution in [0.15, 0.2) is 54.7 Å². The lowest BCUT2D eigenvalue weighted by molar-refractivity contribution is 0.111. The largest absolute Gasteiger partial charge is 0.357 e. The van der Waals surface area contributed by atoms with Crippen LogP contribution in [0.1, 0.15) is 24.1 Å². The van der Waals surface area contributed by atoms with Gasteiger partial charge in [0.25, 0.3) is 0 Å². The predicted molar refractivity (Wildman–Crippen MR) is 95.8 cm³/mol. The Morgan fingerprint density at radius 2 is 1.96 bits per heavy atom. The van der Waals surface area contributed by atoms with Crippen LogP contribution in [0, 0.1) is 17.1 Å². The van der Waals surface area contributed by atoms with Crippen molar-refractivity contribution in [3.8, 4) is 17.3 Å². The molecule has 0 unspecified atom stereocenters. The van der Waals surface area contributed by atoms with Crippen LogP contribution in [0.5, 0.6) is 0 Å². The second-order valence-electron chi connectivity index (χ2n) is 6.54. The van der Waals surface area contributed by atoms with Gasteiger partial charge in [0.2, 0.25) is 0 Å². The van der Waals surface area contributed by atoms with Crippen LogP contribution in [0.3, 0.4) is 0 Å². The molecule has 0 amide bonds. The third kappa shape index (κ3) is 3.22. The molecule has 0 aliphatic heterocycles. The first kappa shape index (κ1) is 17.0. The van der Waals surface area contributed by atoms with Crippen LogP contribution in [0.25, 0.3) is 11.3 Å². The smallest absolute Gasteiger partial charge is 0.149 e. The molecule has 134 valence electrons. The zero-order valence-corrected chi connectivity index (χ0v) is 14.2. The number of hydrogen-bond acceptors (Lipinski definition) is 5. The van der Waals surface area contributed by atoms with Crippen LogP contribution >= 0.6 is 0 Å².